The lowest BCUT2D eigenvalue weighted by molar-refractivity contribution is 0.124. The normalized spacial score (nSPS) is 21.1. The van der Waals surface area contributed by atoms with E-state index in [2.05, 4.69) is 37.9 Å². The molecule has 2 aliphatic rings. The van der Waals surface area contributed by atoms with E-state index in [1.54, 1.807) is 19.6 Å². The van der Waals surface area contributed by atoms with Crippen molar-refractivity contribution in [2.24, 2.45) is 5.92 Å². The fourth-order valence-electron chi connectivity index (χ4n) is 4.07. The van der Waals surface area contributed by atoms with E-state index in [0.717, 1.165) is 55.4 Å². The molecule has 2 N–H and O–H groups in total. The SMILES string of the molecule is COCCN1CCC(C2=C(c3ccncn3)C(c3ccc(Cl)cc3)NN2)CC1. The van der Waals surface area contributed by atoms with E-state index in [4.69, 9.17) is 16.3 Å². The van der Waals surface area contributed by atoms with Crippen molar-refractivity contribution in [3.05, 3.63) is 64.8 Å². The second-order valence-electron chi connectivity index (χ2n) is 7.28. The van der Waals surface area contributed by atoms with Crippen LogP contribution in [0, 0.1) is 5.92 Å². The number of methoxy groups -OCH3 is 1. The molecule has 1 fully saturated rings. The molecule has 2 aliphatic heterocycles. The third-order valence-electron chi connectivity index (χ3n) is 5.60. The highest BCUT2D eigenvalue weighted by Crippen LogP contribution is 2.39. The van der Waals surface area contributed by atoms with E-state index in [0.29, 0.717) is 5.92 Å². The molecule has 0 saturated carbocycles. The molecule has 0 bridgehead atoms. The maximum Gasteiger partial charge on any atom is 0.116 e. The Balaban J connectivity index is 1.61. The topological polar surface area (TPSA) is 62.3 Å². The van der Waals surface area contributed by atoms with Crippen molar-refractivity contribution in [2.45, 2.75) is 18.9 Å². The number of hydrogen-bond acceptors (Lipinski definition) is 6. The highest BCUT2D eigenvalue weighted by molar-refractivity contribution is 6.30. The zero-order valence-electron chi connectivity index (χ0n) is 16.1. The van der Waals surface area contributed by atoms with Crippen LogP contribution in [0.15, 0.2) is 48.6 Å². The number of ether oxygens (including phenoxy) is 1. The average molecular weight is 400 g/mol. The summed E-state index contributed by atoms with van der Waals surface area (Å²) in [6, 6.07) is 10.0. The Morgan fingerprint density at radius 1 is 1.18 bits per heavy atom. The maximum absolute atomic E-state index is 6.09. The molecule has 1 aromatic carbocycles. The quantitative estimate of drug-likeness (QED) is 0.778. The molecule has 7 heteroatoms. The largest absolute Gasteiger partial charge is 0.383 e. The molecular formula is C21H26ClN5O. The third-order valence-corrected chi connectivity index (χ3v) is 5.85. The summed E-state index contributed by atoms with van der Waals surface area (Å²) in [6.07, 6.45) is 5.66. The molecule has 148 valence electrons. The summed E-state index contributed by atoms with van der Waals surface area (Å²) in [4.78, 5) is 11.1. The van der Waals surface area contributed by atoms with Gasteiger partial charge in [0.2, 0.25) is 0 Å². The van der Waals surface area contributed by atoms with E-state index in [1.165, 1.54) is 11.3 Å². The van der Waals surface area contributed by atoms with E-state index in [1.807, 2.05) is 18.2 Å². The molecule has 28 heavy (non-hydrogen) atoms. The Bertz CT molecular complexity index is 803. The van der Waals surface area contributed by atoms with Crippen molar-refractivity contribution in [1.82, 2.24) is 25.7 Å². The van der Waals surface area contributed by atoms with Crippen LogP contribution in [0.25, 0.3) is 5.57 Å². The first-order chi connectivity index (χ1) is 13.8. The van der Waals surface area contributed by atoms with Gasteiger partial charge in [-0.3, -0.25) is 0 Å². The zero-order valence-corrected chi connectivity index (χ0v) is 16.8. The number of likely N-dealkylation sites (tertiary alicyclic amines) is 1. The van der Waals surface area contributed by atoms with Crippen molar-refractivity contribution >= 4 is 17.2 Å². The molecule has 1 aromatic heterocycles. The van der Waals surface area contributed by atoms with Crippen molar-refractivity contribution in [3.63, 3.8) is 0 Å². The van der Waals surface area contributed by atoms with Gasteiger partial charge in [-0.2, -0.15) is 0 Å². The van der Waals surface area contributed by atoms with Crippen LogP contribution in [0.4, 0.5) is 0 Å². The molecule has 0 spiro atoms. The number of hydrogen-bond donors (Lipinski definition) is 2. The predicted molar refractivity (Wildman–Crippen MR) is 110 cm³/mol. The van der Waals surface area contributed by atoms with Gasteiger partial charge >= 0.3 is 0 Å². The van der Waals surface area contributed by atoms with Crippen LogP contribution in [0.3, 0.4) is 0 Å². The van der Waals surface area contributed by atoms with E-state index < -0.39 is 0 Å². The number of nitrogens with zero attached hydrogens (tertiary/aromatic N) is 3. The minimum atomic E-state index is 0.0358. The Morgan fingerprint density at radius 3 is 2.64 bits per heavy atom. The Morgan fingerprint density at radius 2 is 1.96 bits per heavy atom. The fourth-order valence-corrected chi connectivity index (χ4v) is 4.20. The van der Waals surface area contributed by atoms with Gasteiger partial charge in [0.25, 0.3) is 0 Å². The first-order valence-electron chi connectivity index (χ1n) is 9.75. The van der Waals surface area contributed by atoms with Gasteiger partial charge in [-0.15, -0.1) is 0 Å². The number of rotatable bonds is 6. The third kappa shape index (κ3) is 4.20. The van der Waals surface area contributed by atoms with Crippen LogP contribution in [0.2, 0.25) is 5.02 Å². The van der Waals surface area contributed by atoms with E-state index in [9.17, 15) is 0 Å². The smallest absolute Gasteiger partial charge is 0.116 e. The molecule has 3 heterocycles. The summed E-state index contributed by atoms with van der Waals surface area (Å²) in [5.41, 5.74) is 11.6. The van der Waals surface area contributed by atoms with Crippen LogP contribution in [0.5, 0.6) is 0 Å². The first kappa shape index (κ1) is 19.3. The molecule has 4 rings (SSSR count). The molecule has 6 nitrogen and oxygen atoms in total. The molecule has 0 radical (unpaired) electrons. The van der Waals surface area contributed by atoms with Crippen molar-refractivity contribution in [2.75, 3.05) is 33.4 Å². The lowest BCUT2D eigenvalue weighted by Gasteiger charge is -2.32. The standard InChI is InChI=1S/C21H26ClN5O/c1-28-13-12-27-10-7-16(8-11-27)21-19(18-6-9-23-14-24-18)20(25-26-21)15-2-4-17(22)5-3-15/h2-6,9,14,16,20,25-26H,7-8,10-13H2,1H3. The number of nitrogens with one attached hydrogen (secondary N) is 2. The van der Waals surface area contributed by atoms with E-state index >= 15 is 0 Å². The minimum absolute atomic E-state index is 0.0358. The molecule has 1 atom stereocenters. The van der Waals surface area contributed by atoms with Crippen LogP contribution >= 0.6 is 11.6 Å². The highest BCUT2D eigenvalue weighted by Gasteiger charge is 2.33. The lowest BCUT2D eigenvalue weighted by atomic mass is 9.87. The van der Waals surface area contributed by atoms with Gasteiger partial charge < -0.3 is 15.1 Å². The van der Waals surface area contributed by atoms with E-state index in [-0.39, 0.29) is 6.04 Å². The van der Waals surface area contributed by atoms with Gasteiger partial charge in [-0.05, 0) is 49.7 Å². The van der Waals surface area contributed by atoms with Gasteiger partial charge in [-0.1, -0.05) is 23.7 Å². The Labute approximate surface area is 170 Å². The Hall–Kier alpha value is -1.99. The predicted octanol–water partition coefficient (Wildman–Crippen LogP) is 3.05. The van der Waals surface area contributed by atoms with Crippen LogP contribution < -0.4 is 10.9 Å². The molecule has 0 amide bonds. The van der Waals surface area contributed by atoms with Crippen LogP contribution in [0.1, 0.15) is 30.1 Å². The molecule has 2 aromatic rings. The average Bonchev–Trinajstić information content (AvgIpc) is 3.19. The van der Waals surface area contributed by atoms with Gasteiger partial charge in [0.15, 0.2) is 0 Å². The zero-order chi connectivity index (χ0) is 19.3. The van der Waals surface area contributed by atoms with Crippen LogP contribution in [-0.4, -0.2) is 48.2 Å². The summed E-state index contributed by atoms with van der Waals surface area (Å²) in [5.74, 6) is 0.480. The Kier molecular flexibility index (Phi) is 6.22. The number of benzene rings is 1. The van der Waals surface area contributed by atoms with Crippen molar-refractivity contribution < 1.29 is 4.74 Å². The number of hydrazine groups is 1. The van der Waals surface area contributed by atoms with Crippen LogP contribution in [-0.2, 0) is 4.74 Å². The molecular weight excluding hydrogens is 374 g/mol. The number of piperidine rings is 1. The first-order valence-corrected chi connectivity index (χ1v) is 10.1. The molecule has 1 saturated heterocycles. The number of halogens is 1. The van der Waals surface area contributed by atoms with Gasteiger partial charge in [0.05, 0.1) is 18.3 Å². The number of allylic oxidation sites excluding steroid dienone is 1. The summed E-state index contributed by atoms with van der Waals surface area (Å²) in [5, 5.41) is 0.742. The van der Waals surface area contributed by atoms with Crippen molar-refractivity contribution in [3.8, 4) is 0 Å². The van der Waals surface area contributed by atoms with Gasteiger partial charge in [-0.25, -0.2) is 15.4 Å². The summed E-state index contributed by atoms with van der Waals surface area (Å²) in [6.45, 7) is 3.96. The van der Waals surface area contributed by atoms with Gasteiger partial charge in [0.1, 0.15) is 6.33 Å². The summed E-state index contributed by atoms with van der Waals surface area (Å²) < 4.78 is 5.22. The molecule has 1 unspecified atom stereocenters. The minimum Gasteiger partial charge on any atom is -0.383 e. The molecule has 0 aliphatic carbocycles. The monoisotopic (exact) mass is 399 g/mol. The number of aromatic nitrogens is 2. The lowest BCUT2D eigenvalue weighted by Crippen LogP contribution is -2.38. The second-order valence-corrected chi connectivity index (χ2v) is 7.72. The maximum atomic E-state index is 6.09. The summed E-state index contributed by atoms with van der Waals surface area (Å²) in [7, 11) is 1.76. The van der Waals surface area contributed by atoms with Gasteiger partial charge in [0, 0.05) is 42.1 Å². The van der Waals surface area contributed by atoms with Crippen molar-refractivity contribution in [1.29, 1.82) is 0 Å². The fraction of sp³-hybridized carbons (Fsp3) is 0.429. The highest BCUT2D eigenvalue weighted by atomic mass is 35.5. The second kappa shape index (κ2) is 9.01. The summed E-state index contributed by atoms with van der Waals surface area (Å²) >= 11 is 6.09.